The Morgan fingerprint density at radius 1 is 1.04 bits per heavy atom. The molecule has 1 N–H and O–H groups in total. The van der Waals surface area contributed by atoms with Gasteiger partial charge in [0.05, 0.1) is 24.6 Å². The standard InChI is InChI=1S/C19H25N3O5S/c1-21(13-18(23)20-10-11-27-3)19(24)14-22(2)28(25,26)17-9-8-15-6-4-5-7-16(15)12-17/h4-9,12H,10-11,13-14H2,1-3H3,(H,20,23). The number of nitrogens with one attached hydrogen (secondary N) is 1. The van der Waals surface area contributed by atoms with Gasteiger partial charge in [0, 0.05) is 27.7 Å². The Kier molecular flexibility index (Phi) is 7.50. The van der Waals surface area contributed by atoms with Crippen molar-refractivity contribution in [2.75, 3.05) is 47.4 Å². The molecule has 2 rings (SSSR count). The van der Waals surface area contributed by atoms with Gasteiger partial charge in [-0.05, 0) is 22.9 Å². The summed E-state index contributed by atoms with van der Waals surface area (Å²) in [4.78, 5) is 25.4. The van der Waals surface area contributed by atoms with Gasteiger partial charge < -0.3 is 15.0 Å². The molecule has 0 saturated carbocycles. The van der Waals surface area contributed by atoms with Crippen LogP contribution in [-0.2, 0) is 24.3 Å². The van der Waals surface area contributed by atoms with Crippen molar-refractivity contribution in [3.63, 3.8) is 0 Å². The fourth-order valence-electron chi connectivity index (χ4n) is 2.56. The molecule has 0 atom stereocenters. The summed E-state index contributed by atoms with van der Waals surface area (Å²) in [5.41, 5.74) is 0. The Hall–Kier alpha value is -2.49. The molecular weight excluding hydrogens is 382 g/mol. The minimum absolute atomic E-state index is 0.112. The maximum Gasteiger partial charge on any atom is 0.243 e. The number of sulfonamides is 1. The lowest BCUT2D eigenvalue weighted by atomic mass is 10.1. The molecule has 0 unspecified atom stereocenters. The summed E-state index contributed by atoms with van der Waals surface area (Å²) in [5, 5.41) is 4.34. The predicted molar refractivity (Wildman–Crippen MR) is 106 cm³/mol. The monoisotopic (exact) mass is 407 g/mol. The molecule has 0 heterocycles. The lowest BCUT2D eigenvalue weighted by molar-refractivity contribution is -0.134. The number of carbonyl (C=O) groups is 2. The van der Waals surface area contributed by atoms with E-state index in [9.17, 15) is 18.0 Å². The van der Waals surface area contributed by atoms with Crippen LogP contribution >= 0.6 is 0 Å². The van der Waals surface area contributed by atoms with Crippen LogP contribution in [0.5, 0.6) is 0 Å². The van der Waals surface area contributed by atoms with Gasteiger partial charge in [0.25, 0.3) is 0 Å². The van der Waals surface area contributed by atoms with E-state index in [0.717, 1.165) is 15.1 Å². The maximum absolute atomic E-state index is 12.8. The fraction of sp³-hybridized carbons (Fsp3) is 0.368. The van der Waals surface area contributed by atoms with Gasteiger partial charge in [0.2, 0.25) is 21.8 Å². The number of methoxy groups -OCH3 is 1. The van der Waals surface area contributed by atoms with Crippen LogP contribution in [-0.4, -0.2) is 76.9 Å². The molecule has 9 heteroatoms. The zero-order valence-corrected chi connectivity index (χ0v) is 17.0. The number of fused-ring (bicyclic) bond motifs is 1. The maximum atomic E-state index is 12.8. The van der Waals surface area contributed by atoms with Crippen LogP contribution < -0.4 is 5.32 Å². The summed E-state index contributed by atoms with van der Waals surface area (Å²) >= 11 is 0. The van der Waals surface area contributed by atoms with Gasteiger partial charge in [-0.25, -0.2) is 8.42 Å². The summed E-state index contributed by atoms with van der Waals surface area (Å²) in [7, 11) is 0.480. The summed E-state index contributed by atoms with van der Waals surface area (Å²) in [6, 6.07) is 12.3. The van der Waals surface area contributed by atoms with Gasteiger partial charge in [-0.3, -0.25) is 9.59 Å². The van der Waals surface area contributed by atoms with Crippen LogP contribution in [0.1, 0.15) is 0 Å². The van der Waals surface area contributed by atoms with E-state index < -0.39 is 15.9 Å². The number of hydrogen-bond acceptors (Lipinski definition) is 5. The lowest BCUT2D eigenvalue weighted by Crippen LogP contribution is -2.44. The average Bonchev–Trinajstić information content (AvgIpc) is 2.67. The Morgan fingerprint density at radius 2 is 1.71 bits per heavy atom. The summed E-state index contributed by atoms with van der Waals surface area (Å²) in [6.45, 7) is 0.188. The number of likely N-dealkylation sites (N-methyl/N-ethyl adjacent to an activating group) is 2. The highest BCUT2D eigenvalue weighted by molar-refractivity contribution is 7.89. The molecule has 0 aromatic heterocycles. The molecule has 8 nitrogen and oxygen atoms in total. The Balaban J connectivity index is 2.02. The van der Waals surface area contributed by atoms with E-state index in [2.05, 4.69) is 5.32 Å². The predicted octanol–water partition coefficient (Wildman–Crippen LogP) is 0.681. The van der Waals surface area contributed by atoms with Crippen molar-refractivity contribution in [1.29, 1.82) is 0 Å². The third-order valence-corrected chi connectivity index (χ3v) is 6.02. The second kappa shape index (κ2) is 9.63. The highest BCUT2D eigenvalue weighted by Crippen LogP contribution is 2.21. The molecule has 0 aliphatic rings. The molecular formula is C19H25N3O5S. The van der Waals surface area contributed by atoms with Crippen LogP contribution in [0.4, 0.5) is 0 Å². The number of nitrogens with zero attached hydrogens (tertiary/aromatic N) is 2. The van der Waals surface area contributed by atoms with Gasteiger partial charge in [0.1, 0.15) is 0 Å². The molecule has 0 fully saturated rings. The highest BCUT2D eigenvalue weighted by Gasteiger charge is 2.25. The van der Waals surface area contributed by atoms with Crippen molar-refractivity contribution in [3.8, 4) is 0 Å². The van der Waals surface area contributed by atoms with Gasteiger partial charge in [0.15, 0.2) is 0 Å². The molecule has 2 amide bonds. The van der Waals surface area contributed by atoms with Crippen molar-refractivity contribution in [1.82, 2.24) is 14.5 Å². The summed E-state index contributed by atoms with van der Waals surface area (Å²) in [6.07, 6.45) is 0. The molecule has 0 spiro atoms. The van der Waals surface area contributed by atoms with E-state index >= 15 is 0 Å². The van der Waals surface area contributed by atoms with Crippen molar-refractivity contribution in [3.05, 3.63) is 42.5 Å². The molecule has 28 heavy (non-hydrogen) atoms. The molecule has 0 radical (unpaired) electrons. The number of benzene rings is 2. The fourth-order valence-corrected chi connectivity index (χ4v) is 3.71. The highest BCUT2D eigenvalue weighted by atomic mass is 32.2. The van der Waals surface area contributed by atoms with Gasteiger partial charge in [-0.1, -0.05) is 30.3 Å². The zero-order valence-electron chi connectivity index (χ0n) is 16.2. The first-order chi connectivity index (χ1) is 13.3. The third kappa shape index (κ3) is 5.51. The number of hydrogen-bond donors (Lipinski definition) is 1. The smallest absolute Gasteiger partial charge is 0.243 e. The summed E-state index contributed by atoms with van der Waals surface area (Å²) in [5.74, 6) is -0.818. The second-order valence-corrected chi connectivity index (χ2v) is 8.41. The van der Waals surface area contributed by atoms with E-state index in [4.69, 9.17) is 4.74 Å². The largest absolute Gasteiger partial charge is 0.383 e. The zero-order chi connectivity index (χ0) is 20.7. The van der Waals surface area contributed by atoms with E-state index in [1.54, 1.807) is 12.1 Å². The Labute approximate surface area is 165 Å². The van der Waals surface area contributed by atoms with Crippen molar-refractivity contribution < 1.29 is 22.7 Å². The average molecular weight is 407 g/mol. The van der Waals surface area contributed by atoms with E-state index in [0.29, 0.717) is 13.2 Å². The molecule has 0 bridgehead atoms. The van der Waals surface area contributed by atoms with Crippen LogP contribution in [0, 0.1) is 0 Å². The van der Waals surface area contributed by atoms with Crippen LogP contribution in [0.15, 0.2) is 47.4 Å². The van der Waals surface area contributed by atoms with Crippen LogP contribution in [0.2, 0.25) is 0 Å². The van der Waals surface area contributed by atoms with Crippen LogP contribution in [0.3, 0.4) is 0 Å². The molecule has 0 aliphatic heterocycles. The molecule has 0 saturated heterocycles. The minimum Gasteiger partial charge on any atom is -0.383 e. The normalized spacial score (nSPS) is 11.6. The minimum atomic E-state index is -3.84. The lowest BCUT2D eigenvalue weighted by Gasteiger charge is -2.21. The van der Waals surface area contributed by atoms with Crippen molar-refractivity contribution in [2.45, 2.75) is 4.90 Å². The topological polar surface area (TPSA) is 96.0 Å². The molecule has 2 aromatic carbocycles. The van der Waals surface area contributed by atoms with Gasteiger partial charge >= 0.3 is 0 Å². The van der Waals surface area contributed by atoms with E-state index in [1.807, 2.05) is 24.3 Å². The first-order valence-electron chi connectivity index (χ1n) is 8.70. The van der Waals surface area contributed by atoms with E-state index in [-0.39, 0.29) is 23.9 Å². The third-order valence-electron chi connectivity index (χ3n) is 4.22. The Morgan fingerprint density at radius 3 is 2.39 bits per heavy atom. The number of carbonyl (C=O) groups excluding carboxylic acids is 2. The van der Waals surface area contributed by atoms with Crippen LogP contribution in [0.25, 0.3) is 10.8 Å². The molecule has 152 valence electrons. The van der Waals surface area contributed by atoms with Crippen molar-refractivity contribution in [2.24, 2.45) is 0 Å². The SMILES string of the molecule is COCCNC(=O)CN(C)C(=O)CN(C)S(=O)(=O)c1ccc2ccccc2c1. The van der Waals surface area contributed by atoms with E-state index in [1.165, 1.54) is 32.2 Å². The quantitative estimate of drug-likeness (QED) is 0.617. The molecule has 2 aromatic rings. The first-order valence-corrected chi connectivity index (χ1v) is 10.1. The first kappa shape index (κ1) is 21.8. The second-order valence-electron chi connectivity index (χ2n) is 6.36. The number of ether oxygens (including phenoxy) is 1. The van der Waals surface area contributed by atoms with Gasteiger partial charge in [-0.15, -0.1) is 0 Å². The Bertz CT molecular complexity index is 945. The molecule has 0 aliphatic carbocycles. The number of amides is 2. The number of rotatable bonds is 9. The summed E-state index contributed by atoms with van der Waals surface area (Å²) < 4.78 is 31.4. The van der Waals surface area contributed by atoms with Crippen molar-refractivity contribution >= 4 is 32.6 Å². The van der Waals surface area contributed by atoms with Gasteiger partial charge in [-0.2, -0.15) is 4.31 Å².